The van der Waals surface area contributed by atoms with Gasteiger partial charge in [0.15, 0.2) is 0 Å². The van der Waals surface area contributed by atoms with Crippen molar-refractivity contribution in [2.24, 2.45) is 0 Å². The first-order valence-corrected chi connectivity index (χ1v) is 8.38. The van der Waals surface area contributed by atoms with E-state index in [4.69, 9.17) is 4.74 Å². The van der Waals surface area contributed by atoms with Gasteiger partial charge in [0.05, 0.1) is 7.11 Å². The summed E-state index contributed by atoms with van der Waals surface area (Å²) in [4.78, 5) is 0. The van der Waals surface area contributed by atoms with Crippen molar-refractivity contribution in [2.45, 2.75) is 33.6 Å². The predicted octanol–water partition coefficient (Wildman–Crippen LogP) is 3.81. The van der Waals surface area contributed by atoms with Crippen LogP contribution in [0, 0.1) is 6.92 Å². The molecule has 0 radical (unpaired) electrons. The minimum Gasteiger partial charge on any atom is -0.496 e. The Morgan fingerprint density at radius 3 is 2.24 bits per heavy atom. The van der Waals surface area contributed by atoms with Gasteiger partial charge in [-0.1, -0.05) is 26.0 Å². The lowest BCUT2D eigenvalue weighted by molar-refractivity contribution is 0.412. The van der Waals surface area contributed by atoms with Gasteiger partial charge in [0.2, 0.25) is 0 Å². The second-order valence-electron chi connectivity index (χ2n) is 4.49. The molecule has 0 bridgehead atoms. The van der Waals surface area contributed by atoms with Crippen LogP contribution in [0.2, 0.25) is 0 Å². The van der Waals surface area contributed by atoms with Crippen LogP contribution in [0.4, 0.5) is 0 Å². The van der Waals surface area contributed by atoms with Gasteiger partial charge in [-0.15, -0.1) is 0 Å². The van der Waals surface area contributed by atoms with Gasteiger partial charge in [0.1, 0.15) is 12.9 Å². The van der Waals surface area contributed by atoms with E-state index in [9.17, 15) is 4.57 Å². The Hall–Kier alpha value is -0.750. The minimum atomic E-state index is -2.21. The maximum Gasteiger partial charge on any atom is 0.122 e. The summed E-state index contributed by atoms with van der Waals surface area (Å²) >= 11 is 0. The number of aryl methyl sites for hydroxylation is 1. The highest BCUT2D eigenvalue weighted by Gasteiger charge is 2.23. The van der Waals surface area contributed by atoms with Crippen LogP contribution in [-0.2, 0) is 4.57 Å². The lowest BCUT2D eigenvalue weighted by Crippen LogP contribution is -2.11. The van der Waals surface area contributed by atoms with E-state index in [-0.39, 0.29) is 0 Å². The van der Waals surface area contributed by atoms with Crippen LogP contribution in [0.5, 0.6) is 5.75 Å². The standard InChI is InChI=1S/C14H23O2P/c1-5-9-17(15,10-6-2)13-8-7-12(3)14(11-13)16-4/h7-8,11H,5-6,9-10H2,1-4H3. The van der Waals surface area contributed by atoms with Crippen molar-refractivity contribution in [2.75, 3.05) is 19.4 Å². The molecular formula is C14H23O2P. The average molecular weight is 254 g/mol. The van der Waals surface area contributed by atoms with Crippen molar-refractivity contribution in [3.8, 4) is 5.75 Å². The Labute approximate surface area is 105 Å². The quantitative estimate of drug-likeness (QED) is 0.721. The predicted molar refractivity (Wildman–Crippen MR) is 75.3 cm³/mol. The zero-order valence-electron chi connectivity index (χ0n) is 11.3. The van der Waals surface area contributed by atoms with E-state index in [0.29, 0.717) is 0 Å². The van der Waals surface area contributed by atoms with Crippen molar-refractivity contribution in [3.05, 3.63) is 23.8 Å². The highest BCUT2D eigenvalue weighted by molar-refractivity contribution is 7.71. The summed E-state index contributed by atoms with van der Waals surface area (Å²) in [6.45, 7) is 6.19. The minimum absolute atomic E-state index is 0.799. The smallest absolute Gasteiger partial charge is 0.122 e. The third-order valence-electron chi connectivity index (χ3n) is 3.03. The Kier molecular flexibility index (Phi) is 5.27. The highest BCUT2D eigenvalue weighted by Crippen LogP contribution is 2.46. The molecule has 2 nitrogen and oxygen atoms in total. The molecule has 96 valence electrons. The van der Waals surface area contributed by atoms with Crippen molar-refractivity contribution < 1.29 is 9.30 Å². The van der Waals surface area contributed by atoms with E-state index >= 15 is 0 Å². The SMILES string of the molecule is CCCP(=O)(CCC)c1ccc(C)c(OC)c1. The number of methoxy groups -OCH3 is 1. The van der Waals surface area contributed by atoms with Gasteiger partial charge in [-0.3, -0.25) is 0 Å². The van der Waals surface area contributed by atoms with Gasteiger partial charge < -0.3 is 9.30 Å². The third-order valence-corrected chi connectivity index (χ3v) is 6.59. The average Bonchev–Trinajstić information content (AvgIpc) is 2.30. The molecule has 0 aromatic heterocycles. The van der Waals surface area contributed by atoms with E-state index in [2.05, 4.69) is 13.8 Å². The Bertz CT molecular complexity index is 403. The number of benzene rings is 1. The van der Waals surface area contributed by atoms with Gasteiger partial charge in [-0.05, 0) is 31.4 Å². The fourth-order valence-electron chi connectivity index (χ4n) is 2.15. The van der Waals surface area contributed by atoms with Crippen LogP contribution in [0.25, 0.3) is 0 Å². The maximum atomic E-state index is 12.9. The summed E-state index contributed by atoms with van der Waals surface area (Å²) in [5, 5.41) is 0.976. The molecule has 0 fully saturated rings. The van der Waals surface area contributed by atoms with E-state index < -0.39 is 7.14 Å². The number of hydrogen-bond acceptors (Lipinski definition) is 2. The molecule has 0 heterocycles. The molecule has 1 aromatic carbocycles. The molecule has 0 saturated heterocycles. The first kappa shape index (κ1) is 14.3. The zero-order valence-corrected chi connectivity index (χ0v) is 12.2. The number of rotatable bonds is 6. The van der Waals surface area contributed by atoms with Gasteiger partial charge in [0, 0.05) is 17.6 Å². The van der Waals surface area contributed by atoms with Crippen LogP contribution >= 0.6 is 7.14 Å². The molecule has 1 rings (SSSR count). The molecule has 0 aliphatic carbocycles. The van der Waals surface area contributed by atoms with Gasteiger partial charge in [0.25, 0.3) is 0 Å². The largest absolute Gasteiger partial charge is 0.496 e. The highest BCUT2D eigenvalue weighted by atomic mass is 31.2. The third kappa shape index (κ3) is 3.35. The second kappa shape index (κ2) is 6.26. The number of hydrogen-bond donors (Lipinski definition) is 0. The van der Waals surface area contributed by atoms with Crippen LogP contribution in [0.15, 0.2) is 18.2 Å². The first-order chi connectivity index (χ1) is 8.07. The van der Waals surface area contributed by atoms with Crippen LogP contribution in [-0.4, -0.2) is 19.4 Å². The second-order valence-corrected chi connectivity index (χ2v) is 7.68. The monoisotopic (exact) mass is 254 g/mol. The van der Waals surface area contributed by atoms with Crippen LogP contribution in [0.3, 0.4) is 0 Å². The number of ether oxygens (including phenoxy) is 1. The van der Waals surface area contributed by atoms with Crippen LogP contribution < -0.4 is 10.0 Å². The molecule has 1 aromatic rings. The molecule has 0 amide bonds. The summed E-state index contributed by atoms with van der Waals surface area (Å²) in [5.41, 5.74) is 1.09. The molecule has 0 atom stereocenters. The fraction of sp³-hybridized carbons (Fsp3) is 0.571. The van der Waals surface area contributed by atoms with Crippen molar-refractivity contribution in [3.63, 3.8) is 0 Å². The lowest BCUT2D eigenvalue weighted by Gasteiger charge is -2.18. The zero-order chi connectivity index (χ0) is 12.9. The molecule has 0 aliphatic rings. The van der Waals surface area contributed by atoms with Gasteiger partial charge in [-0.2, -0.15) is 0 Å². The topological polar surface area (TPSA) is 26.3 Å². The van der Waals surface area contributed by atoms with Crippen LogP contribution in [0.1, 0.15) is 32.3 Å². The van der Waals surface area contributed by atoms with Crippen molar-refractivity contribution in [1.29, 1.82) is 0 Å². The Balaban J connectivity index is 3.14. The Morgan fingerprint density at radius 1 is 1.18 bits per heavy atom. The fourth-order valence-corrected chi connectivity index (χ4v) is 5.04. The van der Waals surface area contributed by atoms with Crippen molar-refractivity contribution >= 4 is 12.4 Å². The van der Waals surface area contributed by atoms with E-state index in [1.165, 1.54) is 0 Å². The summed E-state index contributed by atoms with van der Waals surface area (Å²) in [5.74, 6) is 0.843. The van der Waals surface area contributed by atoms with Gasteiger partial charge >= 0.3 is 0 Å². The van der Waals surface area contributed by atoms with E-state index in [1.807, 2.05) is 25.1 Å². The molecule has 17 heavy (non-hydrogen) atoms. The van der Waals surface area contributed by atoms with Gasteiger partial charge in [-0.25, -0.2) is 0 Å². The molecule has 3 heteroatoms. The summed E-state index contributed by atoms with van der Waals surface area (Å²) in [7, 11) is -0.548. The van der Waals surface area contributed by atoms with Crippen molar-refractivity contribution in [1.82, 2.24) is 0 Å². The summed E-state index contributed by atoms with van der Waals surface area (Å²) in [6, 6.07) is 5.97. The molecule has 0 aliphatic heterocycles. The summed E-state index contributed by atoms with van der Waals surface area (Å²) < 4.78 is 18.3. The van der Waals surface area contributed by atoms with E-state index in [0.717, 1.165) is 41.8 Å². The lowest BCUT2D eigenvalue weighted by atomic mass is 10.2. The molecule has 0 N–H and O–H groups in total. The first-order valence-electron chi connectivity index (χ1n) is 6.30. The molecule has 0 spiro atoms. The molecule has 0 saturated carbocycles. The maximum absolute atomic E-state index is 12.9. The van der Waals surface area contributed by atoms with E-state index in [1.54, 1.807) is 7.11 Å². The molecule has 0 unspecified atom stereocenters. The normalized spacial score (nSPS) is 11.5. The summed E-state index contributed by atoms with van der Waals surface area (Å²) in [6.07, 6.45) is 3.53. The Morgan fingerprint density at radius 2 is 1.76 bits per heavy atom. The molecular weight excluding hydrogens is 231 g/mol.